The van der Waals surface area contributed by atoms with E-state index in [1.807, 2.05) is 13.8 Å². The molecule has 0 atom stereocenters. The number of nitrogen functional groups attached to an aromatic ring is 2. The van der Waals surface area contributed by atoms with Gasteiger partial charge in [-0.1, -0.05) is 60.7 Å². The molecule has 4 N–H and O–H groups in total. The van der Waals surface area contributed by atoms with Gasteiger partial charge in [0.05, 0.1) is 13.8 Å². The van der Waals surface area contributed by atoms with Crippen molar-refractivity contribution in [2.45, 2.75) is 71.9 Å². The van der Waals surface area contributed by atoms with Crippen LogP contribution in [0.1, 0.15) is 53.6 Å². The minimum absolute atomic E-state index is 0.522. The Kier molecular flexibility index (Phi) is 8.24. The van der Waals surface area contributed by atoms with Crippen molar-refractivity contribution in [2.75, 3.05) is 11.5 Å². The number of nitrogens with two attached hydrogens (primary N) is 2. The van der Waals surface area contributed by atoms with Gasteiger partial charge < -0.3 is 20.3 Å². The van der Waals surface area contributed by atoms with E-state index in [2.05, 4.69) is 69.8 Å². The topological polar surface area (TPSA) is 86.1 Å². The smallest absolute Gasteiger partial charge is 0.345 e. The number of aryl methyl sites for hydroxylation is 4. The van der Waals surface area contributed by atoms with Crippen molar-refractivity contribution in [1.82, 2.24) is 0 Å². The van der Waals surface area contributed by atoms with Gasteiger partial charge in [-0.05, 0) is 30.4 Å². The van der Waals surface area contributed by atoms with Crippen molar-refractivity contribution >= 4 is 11.8 Å². The molecule has 0 saturated heterocycles. The van der Waals surface area contributed by atoms with Gasteiger partial charge in [-0.3, -0.25) is 0 Å². The fourth-order valence-electron chi connectivity index (χ4n) is 4.89. The minimum Gasteiger partial charge on any atom is -0.385 e. The molecule has 2 aromatic carbocycles. The SMILES string of the molecule is Cc1oc(N)c(CCCc2c(N)oc(C)[n+]2CCCc2ccccc2)[n+]1CCCc1ccccc1. The molecule has 0 unspecified atom stereocenters. The number of hydrogen-bond acceptors (Lipinski definition) is 4. The van der Waals surface area contributed by atoms with E-state index in [9.17, 15) is 0 Å². The van der Waals surface area contributed by atoms with E-state index >= 15 is 0 Å². The Morgan fingerprint density at radius 3 is 1.37 bits per heavy atom. The highest BCUT2D eigenvalue weighted by molar-refractivity contribution is 5.29. The predicted molar refractivity (Wildman–Crippen MR) is 138 cm³/mol. The lowest BCUT2D eigenvalue weighted by Gasteiger charge is -2.02. The van der Waals surface area contributed by atoms with Gasteiger partial charge in [-0.15, -0.1) is 0 Å². The van der Waals surface area contributed by atoms with Crippen molar-refractivity contribution in [3.8, 4) is 0 Å². The van der Waals surface area contributed by atoms with Gasteiger partial charge in [-0.25, -0.2) is 0 Å². The molecule has 184 valence electrons. The van der Waals surface area contributed by atoms with Crippen LogP contribution in [0.25, 0.3) is 0 Å². The molecule has 6 nitrogen and oxygen atoms in total. The zero-order chi connectivity index (χ0) is 24.6. The van der Waals surface area contributed by atoms with Crippen molar-refractivity contribution < 1.29 is 18.0 Å². The lowest BCUT2D eigenvalue weighted by Crippen LogP contribution is -2.40. The van der Waals surface area contributed by atoms with Crippen LogP contribution in [-0.4, -0.2) is 0 Å². The van der Waals surface area contributed by atoms with Crippen molar-refractivity contribution in [3.63, 3.8) is 0 Å². The Morgan fingerprint density at radius 1 is 0.571 bits per heavy atom. The Morgan fingerprint density at radius 2 is 0.971 bits per heavy atom. The monoisotopic (exact) mass is 474 g/mol. The first-order valence-corrected chi connectivity index (χ1v) is 12.7. The Hall–Kier alpha value is -3.54. The van der Waals surface area contributed by atoms with Crippen LogP contribution in [0.2, 0.25) is 0 Å². The van der Waals surface area contributed by atoms with Crippen LogP contribution >= 0.6 is 0 Å². The van der Waals surface area contributed by atoms with Crippen LogP contribution in [0, 0.1) is 13.8 Å². The molecule has 6 heteroatoms. The summed E-state index contributed by atoms with van der Waals surface area (Å²) in [6.07, 6.45) is 6.74. The summed E-state index contributed by atoms with van der Waals surface area (Å²) in [7, 11) is 0. The fraction of sp³-hybridized carbons (Fsp3) is 0.379. The van der Waals surface area contributed by atoms with Gasteiger partial charge in [0.25, 0.3) is 11.8 Å². The first kappa shape index (κ1) is 24.6. The maximum Gasteiger partial charge on any atom is 0.345 e. The summed E-state index contributed by atoms with van der Waals surface area (Å²) in [5, 5.41) is 0. The average molecular weight is 475 g/mol. The van der Waals surface area contributed by atoms with Crippen LogP contribution in [0.5, 0.6) is 0 Å². The van der Waals surface area contributed by atoms with Gasteiger partial charge >= 0.3 is 11.8 Å². The lowest BCUT2D eigenvalue weighted by molar-refractivity contribution is -0.714. The number of anilines is 2. The van der Waals surface area contributed by atoms with Crippen LogP contribution < -0.4 is 20.6 Å². The van der Waals surface area contributed by atoms with E-state index in [4.69, 9.17) is 20.3 Å². The molecule has 4 rings (SSSR count). The minimum atomic E-state index is 0.522. The number of hydrogen-bond donors (Lipinski definition) is 2. The zero-order valence-electron chi connectivity index (χ0n) is 21.0. The molecule has 35 heavy (non-hydrogen) atoms. The molecule has 0 aliphatic carbocycles. The summed E-state index contributed by atoms with van der Waals surface area (Å²) >= 11 is 0. The highest BCUT2D eigenvalue weighted by Gasteiger charge is 2.27. The zero-order valence-corrected chi connectivity index (χ0v) is 21.0. The summed E-state index contributed by atoms with van der Waals surface area (Å²) in [5.41, 5.74) is 17.4. The fourth-order valence-corrected chi connectivity index (χ4v) is 4.89. The van der Waals surface area contributed by atoms with Crippen LogP contribution in [-0.2, 0) is 38.8 Å². The van der Waals surface area contributed by atoms with E-state index in [1.165, 1.54) is 11.1 Å². The molecule has 0 fully saturated rings. The van der Waals surface area contributed by atoms with Gasteiger partial charge in [0.2, 0.25) is 11.4 Å². The first-order valence-electron chi connectivity index (χ1n) is 12.7. The highest BCUT2D eigenvalue weighted by atomic mass is 16.4. The van der Waals surface area contributed by atoms with E-state index in [-0.39, 0.29) is 0 Å². The Labute approximate surface area is 208 Å². The molecule has 4 aromatic rings. The summed E-state index contributed by atoms with van der Waals surface area (Å²) in [4.78, 5) is 0. The number of nitrogens with zero attached hydrogens (tertiary/aromatic N) is 2. The predicted octanol–water partition coefficient (Wildman–Crippen LogP) is 4.67. The third kappa shape index (κ3) is 6.32. The Balaban J connectivity index is 1.35. The lowest BCUT2D eigenvalue weighted by atomic mass is 10.1. The second-order valence-corrected chi connectivity index (χ2v) is 9.20. The van der Waals surface area contributed by atoms with Gasteiger partial charge in [0.1, 0.15) is 0 Å². The van der Waals surface area contributed by atoms with Gasteiger partial charge in [0.15, 0.2) is 13.1 Å². The Bertz CT molecular complexity index is 1120. The van der Waals surface area contributed by atoms with Crippen LogP contribution in [0.3, 0.4) is 0 Å². The molecule has 0 aliphatic rings. The molecular weight excluding hydrogens is 436 g/mol. The molecule has 0 radical (unpaired) electrons. The molecule has 0 amide bonds. The van der Waals surface area contributed by atoms with Crippen LogP contribution in [0.15, 0.2) is 69.5 Å². The standard InChI is InChI=1S/C29H38N4O2/c1-22-32(20-10-16-24-12-5-3-6-13-24)26(28(30)34-22)18-9-19-27-29(31)35-23(2)33(27)21-11-17-25-14-7-4-8-15-25/h3-8,12-15H,9-11,16-21,30-31H2,1-2H3/q+2. The second kappa shape index (κ2) is 11.7. The van der Waals surface area contributed by atoms with Gasteiger partial charge in [0, 0.05) is 25.7 Å². The number of benzene rings is 2. The maximum atomic E-state index is 6.25. The van der Waals surface area contributed by atoms with Crippen molar-refractivity contribution in [1.29, 1.82) is 0 Å². The van der Waals surface area contributed by atoms with E-state index in [0.717, 1.165) is 81.2 Å². The van der Waals surface area contributed by atoms with Crippen molar-refractivity contribution in [3.05, 3.63) is 95.0 Å². The van der Waals surface area contributed by atoms with Gasteiger partial charge in [-0.2, -0.15) is 9.13 Å². The quantitative estimate of drug-likeness (QED) is 0.292. The molecule has 0 aliphatic heterocycles. The van der Waals surface area contributed by atoms with E-state index in [0.29, 0.717) is 11.8 Å². The maximum absolute atomic E-state index is 6.25. The largest absolute Gasteiger partial charge is 0.385 e. The molecule has 2 aromatic heterocycles. The molecule has 0 spiro atoms. The molecule has 2 heterocycles. The molecule has 0 bridgehead atoms. The van der Waals surface area contributed by atoms with Crippen molar-refractivity contribution in [2.24, 2.45) is 0 Å². The summed E-state index contributed by atoms with van der Waals surface area (Å²) in [5.74, 6) is 2.77. The third-order valence-electron chi connectivity index (χ3n) is 6.70. The van der Waals surface area contributed by atoms with Crippen LogP contribution in [0.4, 0.5) is 11.8 Å². The second-order valence-electron chi connectivity index (χ2n) is 9.20. The van der Waals surface area contributed by atoms with E-state index in [1.54, 1.807) is 0 Å². The highest BCUT2D eigenvalue weighted by Crippen LogP contribution is 2.18. The summed E-state index contributed by atoms with van der Waals surface area (Å²) < 4.78 is 16.0. The number of oxazole rings is 2. The molecular formula is C29H38N4O2+2. The first-order chi connectivity index (χ1) is 17.0. The summed E-state index contributed by atoms with van der Waals surface area (Å²) in [6.45, 7) is 5.76. The number of rotatable bonds is 12. The average Bonchev–Trinajstić information content (AvgIpc) is 3.28. The van der Waals surface area contributed by atoms with E-state index < -0.39 is 0 Å². The normalized spacial score (nSPS) is 11.3. The third-order valence-corrected chi connectivity index (χ3v) is 6.70. The number of aromatic nitrogens is 2. The summed E-state index contributed by atoms with van der Waals surface area (Å²) in [6, 6.07) is 21.2. The molecule has 0 saturated carbocycles.